The van der Waals surface area contributed by atoms with Gasteiger partial charge in [0.25, 0.3) is 5.91 Å². The van der Waals surface area contributed by atoms with E-state index in [2.05, 4.69) is 21.2 Å². The first-order valence-electron chi connectivity index (χ1n) is 5.19. The summed E-state index contributed by atoms with van der Waals surface area (Å²) in [4.78, 5) is 12.0. The number of nitrogens with two attached hydrogens (primary N) is 1. The normalized spacial score (nSPS) is 10.1. The lowest BCUT2D eigenvalue weighted by atomic mass is 10.1. The molecule has 2 aromatic carbocycles. The molecule has 1 amide bonds. The van der Waals surface area contributed by atoms with Crippen molar-refractivity contribution in [2.45, 2.75) is 0 Å². The third kappa shape index (κ3) is 2.51. The number of carbonyl (C=O) groups is 1. The maximum atomic E-state index is 13.6. The molecule has 0 fully saturated rings. The molecule has 0 saturated heterocycles. The first kappa shape index (κ1) is 12.6. The zero-order valence-corrected chi connectivity index (χ0v) is 10.9. The average molecular weight is 309 g/mol. The predicted molar refractivity (Wildman–Crippen MR) is 72.9 cm³/mol. The van der Waals surface area contributed by atoms with Crippen molar-refractivity contribution in [1.82, 2.24) is 0 Å². The number of carbonyl (C=O) groups excluding carboxylic acids is 1. The van der Waals surface area contributed by atoms with Crippen LogP contribution in [-0.2, 0) is 0 Å². The molecule has 0 saturated carbocycles. The highest BCUT2D eigenvalue weighted by Crippen LogP contribution is 2.26. The molecule has 0 aliphatic heterocycles. The van der Waals surface area contributed by atoms with E-state index in [4.69, 9.17) is 5.73 Å². The molecule has 0 heterocycles. The summed E-state index contributed by atoms with van der Waals surface area (Å²) in [6.07, 6.45) is 0. The molecule has 0 spiro atoms. The molecule has 18 heavy (non-hydrogen) atoms. The van der Waals surface area contributed by atoms with Crippen molar-refractivity contribution in [3.05, 3.63) is 58.3 Å². The van der Waals surface area contributed by atoms with E-state index in [1.165, 1.54) is 6.07 Å². The molecule has 0 aliphatic rings. The Kier molecular flexibility index (Phi) is 3.62. The summed E-state index contributed by atoms with van der Waals surface area (Å²) in [5.41, 5.74) is 6.45. The Morgan fingerprint density at radius 3 is 2.56 bits per heavy atom. The smallest absolute Gasteiger partial charge is 0.257 e. The highest BCUT2D eigenvalue weighted by atomic mass is 79.9. The maximum Gasteiger partial charge on any atom is 0.257 e. The van der Waals surface area contributed by atoms with Crippen LogP contribution < -0.4 is 11.1 Å². The Morgan fingerprint density at radius 1 is 1.17 bits per heavy atom. The van der Waals surface area contributed by atoms with E-state index in [0.29, 0.717) is 15.7 Å². The fraction of sp³-hybridized carbons (Fsp3) is 0. The molecule has 0 bridgehead atoms. The fourth-order valence-corrected chi connectivity index (χ4v) is 1.94. The van der Waals surface area contributed by atoms with Crippen LogP contribution in [0.2, 0.25) is 0 Å². The zero-order chi connectivity index (χ0) is 13.1. The van der Waals surface area contributed by atoms with Crippen molar-refractivity contribution >= 4 is 33.2 Å². The Morgan fingerprint density at radius 2 is 1.89 bits per heavy atom. The van der Waals surface area contributed by atoms with Gasteiger partial charge in [-0.15, -0.1) is 0 Å². The first-order chi connectivity index (χ1) is 8.59. The Hall–Kier alpha value is -1.88. The highest BCUT2D eigenvalue weighted by Gasteiger charge is 2.13. The summed E-state index contributed by atoms with van der Waals surface area (Å²) in [6, 6.07) is 11.1. The van der Waals surface area contributed by atoms with Gasteiger partial charge < -0.3 is 11.1 Å². The van der Waals surface area contributed by atoms with E-state index < -0.39 is 11.7 Å². The molecule has 0 aromatic heterocycles. The van der Waals surface area contributed by atoms with Crippen LogP contribution in [0.3, 0.4) is 0 Å². The van der Waals surface area contributed by atoms with Crippen molar-refractivity contribution in [3.63, 3.8) is 0 Å². The minimum absolute atomic E-state index is 0.103. The predicted octanol–water partition coefficient (Wildman–Crippen LogP) is 3.42. The van der Waals surface area contributed by atoms with Crippen molar-refractivity contribution in [1.29, 1.82) is 0 Å². The summed E-state index contributed by atoms with van der Waals surface area (Å²) in [5.74, 6) is -0.953. The minimum Gasteiger partial charge on any atom is -0.398 e. The zero-order valence-electron chi connectivity index (χ0n) is 9.28. The number of anilines is 2. The van der Waals surface area contributed by atoms with E-state index >= 15 is 0 Å². The van der Waals surface area contributed by atoms with Crippen LogP contribution >= 0.6 is 15.9 Å². The van der Waals surface area contributed by atoms with Crippen molar-refractivity contribution in [3.8, 4) is 0 Å². The second-order valence-corrected chi connectivity index (χ2v) is 4.49. The van der Waals surface area contributed by atoms with Gasteiger partial charge in [0.05, 0.1) is 11.3 Å². The Balaban J connectivity index is 2.30. The number of para-hydroxylation sites is 2. The van der Waals surface area contributed by atoms with Gasteiger partial charge in [-0.25, -0.2) is 4.39 Å². The summed E-state index contributed by atoms with van der Waals surface area (Å²) < 4.78 is 14.0. The van der Waals surface area contributed by atoms with Gasteiger partial charge in [0.15, 0.2) is 0 Å². The van der Waals surface area contributed by atoms with Gasteiger partial charge in [0.1, 0.15) is 5.82 Å². The number of rotatable bonds is 2. The molecule has 0 unspecified atom stereocenters. The number of nitrogens with one attached hydrogen (secondary N) is 1. The van der Waals surface area contributed by atoms with Crippen LogP contribution in [0, 0.1) is 5.82 Å². The molecule has 2 rings (SSSR count). The summed E-state index contributed by atoms with van der Waals surface area (Å²) in [7, 11) is 0. The minimum atomic E-state index is -0.507. The topological polar surface area (TPSA) is 55.1 Å². The Bertz CT molecular complexity index is 581. The summed E-state index contributed by atoms with van der Waals surface area (Å²) in [6.45, 7) is 0. The van der Waals surface area contributed by atoms with Gasteiger partial charge in [-0.05, 0) is 40.2 Å². The number of amides is 1. The molecular formula is C13H10BrFN2O. The van der Waals surface area contributed by atoms with Crippen LogP contribution in [0.1, 0.15) is 10.4 Å². The third-order valence-corrected chi connectivity index (χ3v) is 3.07. The quantitative estimate of drug-likeness (QED) is 0.835. The second-order valence-electron chi connectivity index (χ2n) is 3.64. The lowest BCUT2D eigenvalue weighted by molar-refractivity contribution is 0.102. The molecule has 3 N–H and O–H groups in total. The number of benzene rings is 2. The molecule has 2 aromatic rings. The third-order valence-electron chi connectivity index (χ3n) is 2.41. The summed E-state index contributed by atoms with van der Waals surface area (Å²) >= 11 is 3.18. The van der Waals surface area contributed by atoms with Crippen molar-refractivity contribution in [2.75, 3.05) is 11.1 Å². The molecule has 3 nitrogen and oxygen atoms in total. The molecule has 0 atom stereocenters. The molecular weight excluding hydrogens is 299 g/mol. The van der Waals surface area contributed by atoms with E-state index in [0.717, 1.165) is 0 Å². The molecule has 5 heteroatoms. The molecule has 0 radical (unpaired) electrons. The number of halogens is 2. The van der Waals surface area contributed by atoms with E-state index in [-0.39, 0.29) is 5.69 Å². The van der Waals surface area contributed by atoms with Gasteiger partial charge >= 0.3 is 0 Å². The molecule has 92 valence electrons. The van der Waals surface area contributed by atoms with Gasteiger partial charge in [-0.1, -0.05) is 18.2 Å². The first-order valence-corrected chi connectivity index (χ1v) is 5.99. The summed E-state index contributed by atoms with van der Waals surface area (Å²) in [5, 5.41) is 2.49. The van der Waals surface area contributed by atoms with Crippen molar-refractivity contribution < 1.29 is 9.18 Å². The van der Waals surface area contributed by atoms with Crippen LogP contribution in [0.25, 0.3) is 0 Å². The van der Waals surface area contributed by atoms with Crippen LogP contribution in [0.5, 0.6) is 0 Å². The van der Waals surface area contributed by atoms with Gasteiger partial charge in [-0.3, -0.25) is 4.79 Å². The largest absolute Gasteiger partial charge is 0.398 e. The highest BCUT2D eigenvalue weighted by molar-refractivity contribution is 9.10. The van der Waals surface area contributed by atoms with Gasteiger partial charge in [0, 0.05) is 10.2 Å². The SMILES string of the molecule is Nc1ccccc1C(=O)Nc1c(F)cccc1Br. The molecule has 0 aliphatic carbocycles. The fourth-order valence-electron chi connectivity index (χ4n) is 1.50. The standard InChI is InChI=1S/C13H10BrFN2O/c14-9-5-3-6-10(15)12(9)17-13(18)8-4-1-2-7-11(8)16/h1-7H,16H2,(H,17,18). The average Bonchev–Trinajstić information content (AvgIpc) is 2.34. The maximum absolute atomic E-state index is 13.6. The number of nitrogen functional groups attached to an aromatic ring is 1. The second kappa shape index (κ2) is 5.18. The van der Waals surface area contributed by atoms with Crippen LogP contribution in [-0.4, -0.2) is 5.91 Å². The van der Waals surface area contributed by atoms with E-state index in [1.54, 1.807) is 36.4 Å². The van der Waals surface area contributed by atoms with Gasteiger partial charge in [0.2, 0.25) is 0 Å². The monoisotopic (exact) mass is 308 g/mol. The van der Waals surface area contributed by atoms with E-state index in [9.17, 15) is 9.18 Å². The Labute approximate surface area is 112 Å². The van der Waals surface area contributed by atoms with Crippen LogP contribution in [0.4, 0.5) is 15.8 Å². The lowest BCUT2D eigenvalue weighted by Gasteiger charge is -2.09. The van der Waals surface area contributed by atoms with Crippen LogP contribution in [0.15, 0.2) is 46.9 Å². The van der Waals surface area contributed by atoms with Gasteiger partial charge in [-0.2, -0.15) is 0 Å². The number of hydrogen-bond acceptors (Lipinski definition) is 2. The lowest BCUT2D eigenvalue weighted by Crippen LogP contribution is -2.15. The number of hydrogen-bond donors (Lipinski definition) is 2. The van der Waals surface area contributed by atoms with Crippen molar-refractivity contribution in [2.24, 2.45) is 0 Å². The van der Waals surface area contributed by atoms with E-state index in [1.807, 2.05) is 0 Å².